The Kier molecular flexibility index (Phi) is 11.0. The highest BCUT2D eigenvalue weighted by Crippen LogP contribution is 2.76. The van der Waals surface area contributed by atoms with E-state index in [2.05, 4.69) is 47.6 Å². The van der Waals surface area contributed by atoms with Gasteiger partial charge in [-0.2, -0.15) is 0 Å². The number of allylic oxidation sites excluding steroid dienone is 1. The number of carbonyl (C=O) groups excluding carboxylic acids is 1. The van der Waals surface area contributed by atoms with Gasteiger partial charge in [0.15, 0.2) is 6.29 Å². The second-order valence-corrected chi connectivity index (χ2v) is 20.0. The molecule has 20 atom stereocenters. The van der Waals surface area contributed by atoms with Crippen molar-refractivity contribution in [2.75, 3.05) is 6.61 Å². The van der Waals surface area contributed by atoms with Crippen molar-refractivity contribution in [3.05, 3.63) is 11.6 Å². The first-order valence-electron chi connectivity index (χ1n) is 20.9. The van der Waals surface area contributed by atoms with Crippen LogP contribution in [0.2, 0.25) is 0 Å². The van der Waals surface area contributed by atoms with E-state index in [1.54, 1.807) is 6.92 Å². The van der Waals surface area contributed by atoms with E-state index in [1.165, 1.54) is 0 Å². The molecule has 0 spiro atoms. The Bertz CT molecular complexity index is 1550. The van der Waals surface area contributed by atoms with Gasteiger partial charge >= 0.3 is 11.9 Å². The van der Waals surface area contributed by atoms with Crippen molar-refractivity contribution in [2.45, 2.75) is 174 Å². The van der Waals surface area contributed by atoms with Crippen molar-refractivity contribution in [2.24, 2.45) is 56.7 Å². The Labute approximate surface area is 329 Å². The lowest BCUT2D eigenvalue weighted by Gasteiger charge is -2.70. The molecule has 0 amide bonds. The summed E-state index contributed by atoms with van der Waals surface area (Å²) >= 11 is 0. The summed E-state index contributed by atoms with van der Waals surface area (Å²) in [6.45, 7) is 14.0. The third kappa shape index (κ3) is 5.85. The molecule has 0 aromatic rings. The zero-order valence-corrected chi connectivity index (χ0v) is 33.9. The molecule has 318 valence electrons. The number of ether oxygens (including phenoxy) is 4. The highest BCUT2D eigenvalue weighted by atomic mass is 16.7. The minimum atomic E-state index is -1.74. The fraction of sp³-hybridized carbons (Fsp3) is 0.905. The lowest BCUT2D eigenvalue weighted by Crippen LogP contribution is -2.68. The summed E-state index contributed by atoms with van der Waals surface area (Å²) in [4.78, 5) is 28.8. The molecule has 14 heteroatoms. The minimum Gasteiger partial charge on any atom is -0.481 e. The van der Waals surface area contributed by atoms with Crippen LogP contribution in [0, 0.1) is 56.7 Å². The average molecular weight is 795 g/mol. The fourth-order valence-electron chi connectivity index (χ4n) is 13.9. The number of rotatable bonds is 6. The number of hydrogen-bond donors (Lipinski definition) is 8. The van der Waals surface area contributed by atoms with E-state index in [9.17, 15) is 50.4 Å². The molecule has 56 heavy (non-hydrogen) atoms. The Hall–Kier alpha value is -1.72. The summed E-state index contributed by atoms with van der Waals surface area (Å²) in [5, 5.41) is 84.5. The summed E-state index contributed by atoms with van der Waals surface area (Å²) in [6, 6.07) is 0. The first kappa shape index (κ1) is 42.4. The molecule has 2 heterocycles. The number of carboxylic acids is 1. The maximum absolute atomic E-state index is 14.6. The molecule has 4 saturated carbocycles. The molecule has 0 aromatic carbocycles. The number of carbonyl (C=O) groups is 2. The third-order valence-corrected chi connectivity index (χ3v) is 17.3. The molecule has 2 saturated heterocycles. The van der Waals surface area contributed by atoms with Crippen LogP contribution in [0.15, 0.2) is 11.6 Å². The number of aliphatic carboxylic acids is 1. The zero-order chi connectivity index (χ0) is 41.1. The molecule has 0 bridgehead atoms. The van der Waals surface area contributed by atoms with E-state index >= 15 is 0 Å². The van der Waals surface area contributed by atoms with Crippen LogP contribution >= 0.6 is 0 Å². The summed E-state index contributed by atoms with van der Waals surface area (Å²) in [6.07, 6.45) is -6.91. The average Bonchev–Trinajstić information content (AvgIpc) is 3.14. The number of hydrogen-bond acceptors (Lipinski definition) is 13. The number of fused-ring (bicyclic) bond motifs is 7. The van der Waals surface area contributed by atoms with Crippen LogP contribution in [-0.2, 0) is 28.5 Å². The van der Waals surface area contributed by atoms with E-state index < -0.39 is 108 Å². The highest BCUT2D eigenvalue weighted by molar-refractivity contribution is 5.85. The van der Waals surface area contributed by atoms with Crippen molar-refractivity contribution in [3.63, 3.8) is 0 Å². The molecule has 0 aromatic heterocycles. The molecule has 14 nitrogen and oxygen atoms in total. The second kappa shape index (κ2) is 14.5. The standard InChI is InChI=1S/C42H66O14/c1-19-10-15-41(37(52)56-35-33(49)31(47)29(45)23(18-43)54-35)16-17-42(36(50)51)22(27(41)20(19)2)8-9-25-39(6)13-12-26(38(4,5)24(39)11-14-40(25,42)7)55-34-32(48)30(46)28(44)21(3)53-34/h8,19-21,23-35,43-49H,9-18H2,1-7H3,(H,50,51)/t19-,20+,21-,23-,24-,25-,26+,27+,28-,29-,30+,31+,32-,33-,34+,35+,39+,40-,41+,42-/m1/s1. The van der Waals surface area contributed by atoms with E-state index in [4.69, 9.17) is 18.9 Å². The maximum atomic E-state index is 14.6. The van der Waals surface area contributed by atoms with Crippen LogP contribution < -0.4 is 0 Å². The molecule has 0 unspecified atom stereocenters. The monoisotopic (exact) mass is 794 g/mol. The van der Waals surface area contributed by atoms with Gasteiger partial charge in [0, 0.05) is 0 Å². The molecule has 8 N–H and O–H groups in total. The summed E-state index contributed by atoms with van der Waals surface area (Å²) in [5.74, 6) is -1.73. The molecular formula is C42H66O14. The topological polar surface area (TPSA) is 233 Å². The van der Waals surface area contributed by atoms with Crippen LogP contribution in [0.1, 0.15) is 106 Å². The number of aliphatic hydroxyl groups is 7. The van der Waals surface area contributed by atoms with Gasteiger partial charge < -0.3 is 59.8 Å². The first-order chi connectivity index (χ1) is 26.1. The Morgan fingerprint density at radius 3 is 2.09 bits per heavy atom. The quantitative estimate of drug-likeness (QED) is 0.110. The second-order valence-electron chi connectivity index (χ2n) is 20.0. The largest absolute Gasteiger partial charge is 0.481 e. The molecule has 7 rings (SSSR count). The predicted octanol–water partition coefficient (Wildman–Crippen LogP) is 2.26. The van der Waals surface area contributed by atoms with Gasteiger partial charge in [-0.05, 0) is 111 Å². The number of carboxylic acid groups (broad SMARTS) is 1. The summed E-state index contributed by atoms with van der Waals surface area (Å²) in [7, 11) is 0. The molecule has 5 aliphatic carbocycles. The fourth-order valence-corrected chi connectivity index (χ4v) is 13.9. The van der Waals surface area contributed by atoms with E-state index in [0.29, 0.717) is 32.1 Å². The zero-order valence-electron chi connectivity index (χ0n) is 33.9. The van der Waals surface area contributed by atoms with Gasteiger partial charge in [-0.1, -0.05) is 53.2 Å². The van der Waals surface area contributed by atoms with Gasteiger partial charge in [-0.15, -0.1) is 0 Å². The van der Waals surface area contributed by atoms with Crippen molar-refractivity contribution >= 4 is 11.9 Å². The highest BCUT2D eigenvalue weighted by Gasteiger charge is 2.74. The van der Waals surface area contributed by atoms with Crippen LogP contribution in [0.4, 0.5) is 0 Å². The van der Waals surface area contributed by atoms with Gasteiger partial charge in [-0.3, -0.25) is 9.59 Å². The van der Waals surface area contributed by atoms with Crippen molar-refractivity contribution < 1.29 is 69.4 Å². The normalized spacial score (nSPS) is 54.0. The van der Waals surface area contributed by atoms with Gasteiger partial charge in [-0.25, -0.2) is 0 Å². The molecule has 2 aliphatic heterocycles. The molecule has 7 aliphatic rings. The SMILES string of the molecule is C[C@H]1[C@H](C)CC[C@]2(C(=O)O[C@@H]3O[C@H](CO)[C@@H](O)[C@H](O)[C@H]3O)CC[C@]3(C(=O)O)C(=CC[C@@H]4[C@@]5(C)CC[C@H](O[C@@H]6O[C@H](C)[C@@H](O)[C@H](O)[C@H]6O)C(C)(C)[C@H]5CC[C@]43C)[C@H]12. The summed E-state index contributed by atoms with van der Waals surface area (Å²) in [5.41, 5.74) is -2.93. The Morgan fingerprint density at radius 1 is 0.768 bits per heavy atom. The van der Waals surface area contributed by atoms with Gasteiger partial charge in [0.25, 0.3) is 0 Å². The van der Waals surface area contributed by atoms with Crippen LogP contribution in [0.3, 0.4) is 0 Å². The van der Waals surface area contributed by atoms with Crippen molar-refractivity contribution in [1.82, 2.24) is 0 Å². The Morgan fingerprint density at radius 2 is 1.43 bits per heavy atom. The summed E-state index contributed by atoms with van der Waals surface area (Å²) < 4.78 is 23.9. The van der Waals surface area contributed by atoms with E-state index in [0.717, 1.165) is 18.4 Å². The van der Waals surface area contributed by atoms with Gasteiger partial charge in [0.2, 0.25) is 6.29 Å². The lowest BCUT2D eigenvalue weighted by molar-refractivity contribution is -0.324. The first-order valence-corrected chi connectivity index (χ1v) is 20.9. The van der Waals surface area contributed by atoms with Gasteiger partial charge in [0.05, 0.1) is 29.6 Å². The molecule has 6 fully saturated rings. The number of aliphatic hydroxyl groups excluding tert-OH is 7. The van der Waals surface area contributed by atoms with Crippen LogP contribution in [0.25, 0.3) is 0 Å². The minimum absolute atomic E-state index is 0.00720. The third-order valence-electron chi connectivity index (χ3n) is 17.3. The molecular weight excluding hydrogens is 728 g/mol. The van der Waals surface area contributed by atoms with Crippen LogP contribution in [-0.4, -0.2) is 127 Å². The lowest BCUT2D eigenvalue weighted by atomic mass is 9.33. The predicted molar refractivity (Wildman–Crippen MR) is 198 cm³/mol. The Balaban J connectivity index is 1.21. The van der Waals surface area contributed by atoms with E-state index in [-0.39, 0.29) is 48.0 Å². The van der Waals surface area contributed by atoms with Crippen molar-refractivity contribution in [1.29, 1.82) is 0 Å². The maximum Gasteiger partial charge on any atom is 0.315 e. The van der Waals surface area contributed by atoms with E-state index in [1.807, 2.05) is 0 Å². The smallest absolute Gasteiger partial charge is 0.315 e. The number of esters is 1. The van der Waals surface area contributed by atoms with Crippen LogP contribution in [0.5, 0.6) is 0 Å². The van der Waals surface area contributed by atoms with Crippen molar-refractivity contribution in [3.8, 4) is 0 Å². The molecule has 0 radical (unpaired) electrons. The van der Waals surface area contributed by atoms with Gasteiger partial charge in [0.1, 0.15) is 42.7 Å².